The molecule has 0 unspecified atom stereocenters. The van der Waals surface area contributed by atoms with E-state index in [1.165, 1.54) is 43.0 Å². The third kappa shape index (κ3) is 5.58. The van der Waals surface area contributed by atoms with Gasteiger partial charge in [0.2, 0.25) is 11.9 Å². The van der Waals surface area contributed by atoms with E-state index in [9.17, 15) is 4.79 Å². The Morgan fingerprint density at radius 1 is 0.939 bits per heavy atom. The number of anilines is 1. The molecular formula is C26H31N5OS. The Hall–Kier alpha value is -2.80. The van der Waals surface area contributed by atoms with E-state index in [1.54, 1.807) is 0 Å². The molecule has 2 aromatic carbocycles. The van der Waals surface area contributed by atoms with Gasteiger partial charge < -0.3 is 9.80 Å². The van der Waals surface area contributed by atoms with Crippen LogP contribution in [0.2, 0.25) is 0 Å². The maximum absolute atomic E-state index is 13.3. The SMILES string of the molecule is O=C(CSc1nnc(N2CCCC2)n1C1CC1)N(CCc1ccccc1)Cc1ccccc1. The number of hydrogen-bond acceptors (Lipinski definition) is 5. The highest BCUT2D eigenvalue weighted by Gasteiger charge is 2.32. The fraction of sp³-hybridized carbons (Fsp3) is 0.423. The number of carbonyl (C=O) groups is 1. The fourth-order valence-corrected chi connectivity index (χ4v) is 5.28. The second kappa shape index (κ2) is 10.4. The van der Waals surface area contributed by atoms with Crippen molar-refractivity contribution in [2.24, 2.45) is 0 Å². The summed E-state index contributed by atoms with van der Waals surface area (Å²) in [5.41, 5.74) is 2.40. The van der Waals surface area contributed by atoms with Gasteiger partial charge in [-0.1, -0.05) is 72.4 Å². The Morgan fingerprint density at radius 3 is 2.27 bits per heavy atom. The van der Waals surface area contributed by atoms with Crippen LogP contribution in [-0.4, -0.2) is 51.0 Å². The monoisotopic (exact) mass is 461 g/mol. The molecule has 0 atom stereocenters. The topological polar surface area (TPSA) is 54.3 Å². The van der Waals surface area contributed by atoms with Gasteiger partial charge in [-0.3, -0.25) is 9.36 Å². The summed E-state index contributed by atoms with van der Waals surface area (Å²) in [6, 6.07) is 21.1. The fourth-order valence-electron chi connectivity index (χ4n) is 4.37. The minimum atomic E-state index is 0.146. The number of hydrogen-bond donors (Lipinski definition) is 0. The van der Waals surface area contributed by atoms with Gasteiger partial charge in [-0.05, 0) is 43.2 Å². The summed E-state index contributed by atoms with van der Waals surface area (Å²) in [5, 5.41) is 9.90. The van der Waals surface area contributed by atoms with Crippen LogP contribution in [0.1, 0.15) is 42.9 Å². The van der Waals surface area contributed by atoms with E-state index >= 15 is 0 Å². The third-order valence-corrected chi connectivity index (χ3v) is 7.28. The molecule has 1 aliphatic carbocycles. The molecule has 1 saturated heterocycles. The summed E-state index contributed by atoms with van der Waals surface area (Å²) in [6.45, 7) is 3.44. The molecule has 1 saturated carbocycles. The first-order valence-electron chi connectivity index (χ1n) is 12.0. The number of amides is 1. The van der Waals surface area contributed by atoms with E-state index < -0.39 is 0 Å². The highest BCUT2D eigenvalue weighted by atomic mass is 32.2. The van der Waals surface area contributed by atoms with E-state index in [0.717, 1.165) is 36.2 Å². The number of thioether (sulfide) groups is 1. The smallest absolute Gasteiger partial charge is 0.233 e. The van der Waals surface area contributed by atoms with Gasteiger partial charge in [0, 0.05) is 32.2 Å². The van der Waals surface area contributed by atoms with Crippen molar-refractivity contribution in [3.05, 3.63) is 71.8 Å². The van der Waals surface area contributed by atoms with Crippen molar-refractivity contribution < 1.29 is 4.79 Å². The first kappa shape index (κ1) is 22.0. The molecule has 5 rings (SSSR count). The quantitative estimate of drug-likeness (QED) is 0.414. The second-order valence-corrected chi connectivity index (χ2v) is 9.85. The Balaban J connectivity index is 1.27. The lowest BCUT2D eigenvalue weighted by Crippen LogP contribution is -2.34. The lowest BCUT2D eigenvalue weighted by molar-refractivity contribution is -0.128. The Labute approximate surface area is 200 Å². The Kier molecular flexibility index (Phi) is 6.95. The lowest BCUT2D eigenvalue weighted by atomic mass is 10.1. The van der Waals surface area contributed by atoms with Crippen LogP contribution in [0.3, 0.4) is 0 Å². The summed E-state index contributed by atoms with van der Waals surface area (Å²) in [6.07, 6.45) is 5.64. The van der Waals surface area contributed by atoms with Crippen molar-refractivity contribution in [3.8, 4) is 0 Å². The van der Waals surface area contributed by atoms with Crippen LogP contribution >= 0.6 is 11.8 Å². The summed E-state index contributed by atoms with van der Waals surface area (Å²) >= 11 is 1.54. The third-order valence-electron chi connectivity index (χ3n) is 6.35. The zero-order valence-electron chi connectivity index (χ0n) is 19.0. The van der Waals surface area contributed by atoms with Crippen molar-refractivity contribution in [3.63, 3.8) is 0 Å². The van der Waals surface area contributed by atoms with Crippen molar-refractivity contribution in [2.75, 3.05) is 30.3 Å². The van der Waals surface area contributed by atoms with Crippen LogP contribution in [0.15, 0.2) is 65.8 Å². The summed E-state index contributed by atoms with van der Waals surface area (Å²) in [5.74, 6) is 1.52. The van der Waals surface area contributed by atoms with Gasteiger partial charge in [0.25, 0.3) is 0 Å². The average molecular weight is 462 g/mol. The minimum Gasteiger partial charge on any atom is -0.341 e. The summed E-state index contributed by atoms with van der Waals surface area (Å²) in [7, 11) is 0. The molecule has 2 fully saturated rings. The van der Waals surface area contributed by atoms with Gasteiger partial charge in [-0.15, -0.1) is 10.2 Å². The van der Waals surface area contributed by atoms with Crippen LogP contribution in [0, 0.1) is 0 Å². The number of aromatic nitrogens is 3. The lowest BCUT2D eigenvalue weighted by Gasteiger charge is -2.23. The van der Waals surface area contributed by atoms with E-state index in [4.69, 9.17) is 0 Å². The van der Waals surface area contributed by atoms with Crippen molar-refractivity contribution in [2.45, 2.75) is 49.8 Å². The van der Waals surface area contributed by atoms with Gasteiger partial charge >= 0.3 is 0 Å². The highest BCUT2D eigenvalue weighted by molar-refractivity contribution is 7.99. The molecule has 33 heavy (non-hydrogen) atoms. The molecule has 2 heterocycles. The molecule has 0 spiro atoms. The highest BCUT2D eigenvalue weighted by Crippen LogP contribution is 2.41. The maximum atomic E-state index is 13.3. The van der Waals surface area contributed by atoms with Crippen molar-refractivity contribution in [1.82, 2.24) is 19.7 Å². The molecule has 0 bridgehead atoms. The molecule has 0 N–H and O–H groups in total. The Bertz CT molecular complexity index is 1050. The summed E-state index contributed by atoms with van der Waals surface area (Å²) in [4.78, 5) is 17.7. The predicted molar refractivity (Wildman–Crippen MR) is 132 cm³/mol. The first-order chi connectivity index (χ1) is 16.3. The van der Waals surface area contributed by atoms with Gasteiger partial charge in [-0.2, -0.15) is 0 Å². The van der Waals surface area contributed by atoms with E-state index in [0.29, 0.717) is 24.9 Å². The molecule has 7 heteroatoms. The second-order valence-electron chi connectivity index (χ2n) is 8.90. The zero-order chi connectivity index (χ0) is 22.5. The minimum absolute atomic E-state index is 0.146. The van der Waals surface area contributed by atoms with Crippen LogP contribution in [0.5, 0.6) is 0 Å². The zero-order valence-corrected chi connectivity index (χ0v) is 19.8. The molecule has 6 nitrogen and oxygen atoms in total. The molecule has 172 valence electrons. The first-order valence-corrected chi connectivity index (χ1v) is 12.9. The molecule has 1 aromatic heterocycles. The number of nitrogens with zero attached hydrogens (tertiary/aromatic N) is 5. The molecule has 0 radical (unpaired) electrons. The Morgan fingerprint density at radius 2 is 1.61 bits per heavy atom. The maximum Gasteiger partial charge on any atom is 0.233 e. The number of carbonyl (C=O) groups excluding carboxylic acids is 1. The van der Waals surface area contributed by atoms with Gasteiger partial charge in [0.05, 0.1) is 5.75 Å². The van der Waals surface area contributed by atoms with E-state index in [1.807, 2.05) is 29.2 Å². The average Bonchev–Trinajstić information content (AvgIpc) is 3.37. The van der Waals surface area contributed by atoms with Crippen LogP contribution in [0.25, 0.3) is 0 Å². The van der Waals surface area contributed by atoms with E-state index in [-0.39, 0.29) is 5.91 Å². The van der Waals surface area contributed by atoms with Gasteiger partial charge in [0.15, 0.2) is 5.16 Å². The predicted octanol–water partition coefficient (Wildman–Crippen LogP) is 4.58. The standard InChI is InChI=1S/C26H31N5OS/c32-24(20-33-26-28-27-25(29-16-7-8-17-29)31(26)23-13-14-23)30(19-22-11-5-2-6-12-22)18-15-21-9-3-1-4-10-21/h1-6,9-12,23H,7-8,13-20H2. The number of benzene rings is 2. The van der Waals surface area contributed by atoms with Crippen molar-refractivity contribution in [1.29, 1.82) is 0 Å². The van der Waals surface area contributed by atoms with Crippen LogP contribution in [-0.2, 0) is 17.8 Å². The largest absolute Gasteiger partial charge is 0.341 e. The van der Waals surface area contributed by atoms with Gasteiger partial charge in [-0.25, -0.2) is 0 Å². The molecule has 1 aliphatic heterocycles. The molecule has 3 aromatic rings. The van der Waals surface area contributed by atoms with Crippen LogP contribution in [0.4, 0.5) is 5.95 Å². The van der Waals surface area contributed by atoms with Crippen molar-refractivity contribution >= 4 is 23.6 Å². The molecule has 1 amide bonds. The van der Waals surface area contributed by atoms with Crippen LogP contribution < -0.4 is 4.90 Å². The molecule has 2 aliphatic rings. The summed E-state index contributed by atoms with van der Waals surface area (Å²) < 4.78 is 2.29. The van der Waals surface area contributed by atoms with Gasteiger partial charge in [0.1, 0.15) is 0 Å². The normalized spacial score (nSPS) is 15.7. The van der Waals surface area contributed by atoms with E-state index in [2.05, 4.69) is 56.1 Å². The number of rotatable bonds is 10. The molecular weight excluding hydrogens is 430 g/mol.